The monoisotopic (exact) mass is 493 g/mol. The number of anilines is 2. The Morgan fingerprint density at radius 1 is 1.24 bits per heavy atom. The number of nitrogens with one attached hydrogen (secondary N) is 1. The molecular weight excluding hydrogens is 458 g/mol. The first-order valence-electron chi connectivity index (χ1n) is 11.8. The fraction of sp³-hybridized carbons (Fsp3) is 0.667. The van der Waals surface area contributed by atoms with Gasteiger partial charge < -0.3 is 24.6 Å². The normalized spacial score (nSPS) is 27.6. The van der Waals surface area contributed by atoms with Crippen LogP contribution in [0.5, 0.6) is 0 Å². The van der Waals surface area contributed by atoms with E-state index < -0.39 is 19.8 Å². The quantitative estimate of drug-likeness (QED) is 0.536. The SMILES string of the molecule is CC1CC2CC(C(=O)O)(C1)N2C(=O)Nc1ccc(Cl)c(N2CC(O[Si](C)(C)C(C)(C)C)C2)c1. The van der Waals surface area contributed by atoms with Gasteiger partial charge in [0.1, 0.15) is 5.54 Å². The zero-order valence-corrected chi connectivity index (χ0v) is 22.2. The first-order valence-corrected chi connectivity index (χ1v) is 15.1. The van der Waals surface area contributed by atoms with Crippen LogP contribution in [-0.4, -0.2) is 61.1 Å². The molecule has 1 aliphatic carbocycles. The number of piperidine rings is 1. The Balaban J connectivity index is 1.42. The molecule has 2 bridgehead atoms. The zero-order valence-electron chi connectivity index (χ0n) is 20.4. The minimum absolute atomic E-state index is 0.0137. The average Bonchev–Trinajstić information content (AvgIpc) is 2.64. The van der Waals surface area contributed by atoms with Crippen molar-refractivity contribution in [3.63, 3.8) is 0 Å². The molecule has 3 atom stereocenters. The van der Waals surface area contributed by atoms with Gasteiger partial charge in [0.05, 0.1) is 16.8 Å². The molecule has 33 heavy (non-hydrogen) atoms. The lowest BCUT2D eigenvalue weighted by Crippen LogP contribution is -2.75. The summed E-state index contributed by atoms with van der Waals surface area (Å²) in [5.41, 5.74) is 0.398. The molecule has 0 radical (unpaired) electrons. The molecule has 3 aliphatic heterocycles. The van der Waals surface area contributed by atoms with E-state index in [4.69, 9.17) is 16.0 Å². The molecule has 3 heterocycles. The first-order chi connectivity index (χ1) is 15.2. The van der Waals surface area contributed by atoms with Crippen LogP contribution < -0.4 is 10.2 Å². The molecule has 3 saturated heterocycles. The third-order valence-corrected chi connectivity index (χ3v) is 12.9. The number of amides is 2. The summed E-state index contributed by atoms with van der Waals surface area (Å²) < 4.78 is 6.48. The topological polar surface area (TPSA) is 82.1 Å². The van der Waals surface area contributed by atoms with Gasteiger partial charge in [0.15, 0.2) is 8.32 Å². The van der Waals surface area contributed by atoms with E-state index in [-0.39, 0.29) is 23.2 Å². The molecule has 1 aromatic rings. The second kappa shape index (κ2) is 8.17. The van der Waals surface area contributed by atoms with Gasteiger partial charge in [-0.2, -0.15) is 0 Å². The Bertz CT molecular complexity index is 960. The maximum atomic E-state index is 13.1. The van der Waals surface area contributed by atoms with Crippen molar-refractivity contribution < 1.29 is 19.1 Å². The maximum absolute atomic E-state index is 13.1. The average molecular weight is 494 g/mol. The molecule has 1 saturated carbocycles. The predicted octanol–water partition coefficient (Wildman–Crippen LogP) is 5.41. The molecule has 3 unspecified atom stereocenters. The highest BCUT2D eigenvalue weighted by molar-refractivity contribution is 6.74. The number of halogens is 1. The van der Waals surface area contributed by atoms with Crippen LogP contribution in [0, 0.1) is 5.92 Å². The van der Waals surface area contributed by atoms with E-state index in [1.807, 2.05) is 6.07 Å². The van der Waals surface area contributed by atoms with Gasteiger partial charge in [-0.15, -0.1) is 0 Å². The van der Waals surface area contributed by atoms with Crippen LogP contribution >= 0.6 is 11.6 Å². The van der Waals surface area contributed by atoms with Crippen LogP contribution in [0.15, 0.2) is 18.2 Å². The van der Waals surface area contributed by atoms with Crippen molar-refractivity contribution in [1.29, 1.82) is 0 Å². The van der Waals surface area contributed by atoms with E-state index in [1.54, 1.807) is 12.1 Å². The van der Waals surface area contributed by atoms with Crippen molar-refractivity contribution in [3.8, 4) is 0 Å². The van der Waals surface area contributed by atoms with E-state index in [2.05, 4.69) is 51.0 Å². The van der Waals surface area contributed by atoms with Crippen molar-refractivity contribution in [2.24, 2.45) is 5.92 Å². The molecular formula is C24H36ClN3O4Si. The highest BCUT2D eigenvalue weighted by Crippen LogP contribution is 2.50. The molecule has 4 fully saturated rings. The van der Waals surface area contributed by atoms with Gasteiger partial charge >= 0.3 is 12.0 Å². The summed E-state index contributed by atoms with van der Waals surface area (Å²) in [6, 6.07) is 5.05. The molecule has 2 amide bonds. The van der Waals surface area contributed by atoms with Crippen molar-refractivity contribution in [1.82, 2.24) is 4.90 Å². The molecule has 4 aliphatic rings. The van der Waals surface area contributed by atoms with E-state index in [0.29, 0.717) is 29.5 Å². The Morgan fingerprint density at radius 3 is 2.52 bits per heavy atom. The molecule has 0 spiro atoms. The summed E-state index contributed by atoms with van der Waals surface area (Å²) in [5, 5.41) is 13.5. The number of nitrogens with zero attached hydrogens (tertiary/aromatic N) is 2. The van der Waals surface area contributed by atoms with Crippen molar-refractivity contribution in [3.05, 3.63) is 23.2 Å². The smallest absolute Gasteiger partial charge is 0.329 e. The number of carboxylic acids is 1. The fourth-order valence-corrected chi connectivity index (χ4v) is 6.84. The molecule has 7 nitrogen and oxygen atoms in total. The summed E-state index contributed by atoms with van der Waals surface area (Å²) in [6.45, 7) is 14.8. The summed E-state index contributed by atoms with van der Waals surface area (Å²) >= 11 is 6.48. The number of rotatable bonds is 5. The standard InChI is InChI=1S/C24H36ClN3O4Si/c1-15-9-17-12-24(11-15,21(29)30)28(17)22(31)26-16-7-8-19(25)20(10-16)27-13-18(14-27)32-33(5,6)23(2,3)4/h7-8,10,15,17-18H,9,11-14H2,1-6H3,(H,26,31)(H,29,30). The summed E-state index contributed by atoms with van der Waals surface area (Å²) in [4.78, 5) is 28.8. The van der Waals surface area contributed by atoms with Gasteiger partial charge in [0, 0.05) is 31.2 Å². The fourth-order valence-electron chi connectivity index (χ4n) is 5.27. The number of fused-ring (bicyclic) bond motifs is 2. The number of carbonyl (C=O) groups is 2. The molecule has 0 aromatic heterocycles. The minimum Gasteiger partial charge on any atom is -0.479 e. The number of hydrogen-bond acceptors (Lipinski definition) is 4. The largest absolute Gasteiger partial charge is 0.479 e. The summed E-state index contributed by atoms with van der Waals surface area (Å²) in [6.07, 6.45) is 2.06. The number of hydrogen-bond donors (Lipinski definition) is 2. The summed E-state index contributed by atoms with van der Waals surface area (Å²) in [5.74, 6) is -0.607. The maximum Gasteiger partial charge on any atom is 0.329 e. The van der Waals surface area contributed by atoms with Crippen molar-refractivity contribution in [2.75, 3.05) is 23.3 Å². The van der Waals surface area contributed by atoms with Crippen LogP contribution in [0.3, 0.4) is 0 Å². The number of carbonyl (C=O) groups excluding carboxylic acids is 1. The van der Waals surface area contributed by atoms with E-state index in [9.17, 15) is 14.7 Å². The van der Waals surface area contributed by atoms with Gasteiger partial charge in [0.2, 0.25) is 0 Å². The Kier molecular flexibility index (Phi) is 6.03. The van der Waals surface area contributed by atoms with Crippen LogP contribution in [0.2, 0.25) is 23.2 Å². The second-order valence-corrected chi connectivity index (χ2v) is 16.8. The van der Waals surface area contributed by atoms with E-state index in [0.717, 1.165) is 25.2 Å². The van der Waals surface area contributed by atoms with Gasteiger partial charge in [-0.3, -0.25) is 0 Å². The third-order valence-electron chi connectivity index (χ3n) is 8.03. The Labute approximate surface area is 202 Å². The van der Waals surface area contributed by atoms with Crippen LogP contribution in [0.1, 0.15) is 47.0 Å². The van der Waals surface area contributed by atoms with Crippen molar-refractivity contribution >= 4 is 43.3 Å². The zero-order chi connectivity index (χ0) is 24.3. The number of benzene rings is 1. The lowest BCUT2D eigenvalue weighted by atomic mass is 9.64. The highest BCUT2D eigenvalue weighted by atomic mass is 35.5. The van der Waals surface area contributed by atoms with Gasteiger partial charge in [0.25, 0.3) is 0 Å². The summed E-state index contributed by atoms with van der Waals surface area (Å²) in [7, 11) is -1.83. The van der Waals surface area contributed by atoms with Crippen LogP contribution in [0.4, 0.5) is 16.2 Å². The Hall–Kier alpha value is -1.77. The van der Waals surface area contributed by atoms with Gasteiger partial charge in [-0.05, 0) is 55.1 Å². The van der Waals surface area contributed by atoms with Crippen LogP contribution in [0.25, 0.3) is 0 Å². The molecule has 1 aromatic carbocycles. The second-order valence-electron chi connectivity index (χ2n) is 11.6. The number of aliphatic carboxylic acids is 1. The molecule has 2 N–H and O–H groups in total. The lowest BCUT2D eigenvalue weighted by Gasteiger charge is -2.60. The molecule has 5 rings (SSSR count). The van der Waals surface area contributed by atoms with Crippen LogP contribution in [-0.2, 0) is 9.22 Å². The van der Waals surface area contributed by atoms with Gasteiger partial charge in [-0.25, -0.2) is 9.59 Å². The molecule has 9 heteroatoms. The first kappa shape index (κ1) is 24.4. The third kappa shape index (κ3) is 4.26. The predicted molar refractivity (Wildman–Crippen MR) is 134 cm³/mol. The number of urea groups is 1. The van der Waals surface area contributed by atoms with Gasteiger partial charge in [-0.1, -0.05) is 39.3 Å². The minimum atomic E-state index is -1.83. The van der Waals surface area contributed by atoms with E-state index in [1.165, 1.54) is 4.90 Å². The number of carboxylic acid groups (broad SMARTS) is 1. The van der Waals surface area contributed by atoms with E-state index >= 15 is 0 Å². The highest BCUT2D eigenvalue weighted by Gasteiger charge is 2.63. The lowest BCUT2D eigenvalue weighted by molar-refractivity contribution is -0.173. The van der Waals surface area contributed by atoms with Crippen molar-refractivity contribution in [2.45, 2.75) is 82.8 Å². The Morgan fingerprint density at radius 2 is 1.91 bits per heavy atom. The molecule has 182 valence electrons.